The van der Waals surface area contributed by atoms with Crippen LogP contribution < -0.4 is 0 Å². The first-order chi connectivity index (χ1) is 8.78. The van der Waals surface area contributed by atoms with Crippen molar-refractivity contribution in [3.63, 3.8) is 0 Å². The van der Waals surface area contributed by atoms with Gasteiger partial charge in [-0.05, 0) is 43.2 Å². The molecule has 0 atom stereocenters. The van der Waals surface area contributed by atoms with Crippen LogP contribution >= 0.6 is 11.8 Å². The highest BCUT2D eigenvalue weighted by molar-refractivity contribution is 7.99. The average molecular weight is 258 g/mol. The van der Waals surface area contributed by atoms with Crippen LogP contribution in [0.5, 0.6) is 0 Å². The Morgan fingerprint density at radius 2 is 1.44 bits per heavy atom. The molecular formula is C16H18OS. The molecule has 0 saturated heterocycles. The quantitative estimate of drug-likeness (QED) is 0.789. The fraction of sp³-hybridized carbons (Fsp3) is 0.250. The largest absolute Gasteiger partial charge is 0.384 e. The molecule has 1 nitrogen and oxygen atoms in total. The second-order valence-corrected chi connectivity index (χ2v) is 5.45. The summed E-state index contributed by atoms with van der Waals surface area (Å²) < 4.78 is 5.08. The minimum absolute atomic E-state index is 0.782. The van der Waals surface area contributed by atoms with Gasteiger partial charge in [0.25, 0.3) is 0 Å². The van der Waals surface area contributed by atoms with Gasteiger partial charge in [0, 0.05) is 16.9 Å². The van der Waals surface area contributed by atoms with E-state index >= 15 is 0 Å². The summed E-state index contributed by atoms with van der Waals surface area (Å²) in [4.78, 5) is 2.56. The van der Waals surface area contributed by atoms with E-state index in [9.17, 15) is 0 Å². The van der Waals surface area contributed by atoms with Crippen molar-refractivity contribution in [1.82, 2.24) is 0 Å². The zero-order valence-corrected chi connectivity index (χ0v) is 11.7. The summed E-state index contributed by atoms with van der Waals surface area (Å²) in [6, 6.07) is 17.3. The van der Waals surface area contributed by atoms with Crippen LogP contribution in [0.4, 0.5) is 0 Å². The molecule has 0 N–H and O–H groups in total. The number of rotatable bonds is 5. The standard InChI is InChI=1S/C16H18OS/c1-13-3-7-15(8-4-13)18-16-9-5-14(6-10-16)11-12-17-2/h3-10H,11-12H2,1-2H3. The maximum atomic E-state index is 5.08. The van der Waals surface area contributed by atoms with Gasteiger partial charge in [-0.15, -0.1) is 0 Å². The minimum atomic E-state index is 0.782. The third-order valence-corrected chi connectivity index (χ3v) is 3.79. The van der Waals surface area contributed by atoms with Crippen LogP contribution in [0.3, 0.4) is 0 Å². The first kappa shape index (κ1) is 13.2. The Morgan fingerprint density at radius 3 is 2.00 bits per heavy atom. The molecule has 94 valence electrons. The maximum Gasteiger partial charge on any atom is 0.0502 e. The molecule has 0 aliphatic carbocycles. The lowest BCUT2D eigenvalue weighted by Crippen LogP contribution is -1.93. The molecule has 0 aliphatic heterocycles. The van der Waals surface area contributed by atoms with Crippen molar-refractivity contribution >= 4 is 11.8 Å². The third kappa shape index (κ3) is 3.90. The van der Waals surface area contributed by atoms with Gasteiger partial charge in [0.1, 0.15) is 0 Å². The summed E-state index contributed by atoms with van der Waals surface area (Å²) in [5, 5.41) is 0. The highest BCUT2D eigenvalue weighted by Gasteiger charge is 1.98. The van der Waals surface area contributed by atoms with Crippen LogP contribution in [-0.2, 0) is 11.2 Å². The molecule has 0 spiro atoms. The second kappa shape index (κ2) is 6.62. The number of methoxy groups -OCH3 is 1. The summed E-state index contributed by atoms with van der Waals surface area (Å²) in [5.41, 5.74) is 2.62. The molecular weight excluding hydrogens is 240 g/mol. The normalized spacial score (nSPS) is 10.6. The topological polar surface area (TPSA) is 9.23 Å². The summed E-state index contributed by atoms with van der Waals surface area (Å²) in [6.45, 7) is 2.89. The predicted molar refractivity (Wildman–Crippen MR) is 77.3 cm³/mol. The van der Waals surface area contributed by atoms with Crippen LogP contribution in [0.15, 0.2) is 58.3 Å². The van der Waals surface area contributed by atoms with Gasteiger partial charge in [-0.3, -0.25) is 0 Å². The fourth-order valence-electron chi connectivity index (χ4n) is 1.69. The van der Waals surface area contributed by atoms with Crippen molar-refractivity contribution in [3.05, 3.63) is 59.7 Å². The third-order valence-electron chi connectivity index (χ3n) is 2.77. The van der Waals surface area contributed by atoms with Gasteiger partial charge in [-0.1, -0.05) is 41.6 Å². The van der Waals surface area contributed by atoms with Crippen LogP contribution in [-0.4, -0.2) is 13.7 Å². The Labute approximate surface area is 113 Å². The van der Waals surface area contributed by atoms with Crippen molar-refractivity contribution in [2.75, 3.05) is 13.7 Å². The average Bonchev–Trinajstić information content (AvgIpc) is 2.41. The van der Waals surface area contributed by atoms with Crippen molar-refractivity contribution in [3.8, 4) is 0 Å². The fourth-order valence-corrected chi connectivity index (χ4v) is 2.50. The molecule has 0 saturated carbocycles. The van der Waals surface area contributed by atoms with Crippen molar-refractivity contribution in [2.24, 2.45) is 0 Å². The lowest BCUT2D eigenvalue weighted by molar-refractivity contribution is 0.202. The van der Waals surface area contributed by atoms with Crippen LogP contribution in [0.2, 0.25) is 0 Å². The molecule has 0 heterocycles. The van der Waals surface area contributed by atoms with Gasteiger partial charge < -0.3 is 4.74 Å². The smallest absolute Gasteiger partial charge is 0.0502 e. The molecule has 0 aromatic heterocycles. The van der Waals surface area contributed by atoms with Crippen molar-refractivity contribution in [2.45, 2.75) is 23.1 Å². The molecule has 0 aliphatic rings. The SMILES string of the molecule is COCCc1ccc(Sc2ccc(C)cc2)cc1. The van der Waals surface area contributed by atoms with E-state index in [0.29, 0.717) is 0 Å². The molecule has 0 fully saturated rings. The molecule has 0 unspecified atom stereocenters. The zero-order valence-electron chi connectivity index (χ0n) is 10.8. The lowest BCUT2D eigenvalue weighted by atomic mass is 10.2. The highest BCUT2D eigenvalue weighted by Crippen LogP contribution is 2.27. The van der Waals surface area contributed by atoms with Crippen LogP contribution in [0.1, 0.15) is 11.1 Å². The zero-order chi connectivity index (χ0) is 12.8. The Morgan fingerprint density at radius 1 is 0.889 bits per heavy atom. The highest BCUT2D eigenvalue weighted by atomic mass is 32.2. The molecule has 2 rings (SSSR count). The second-order valence-electron chi connectivity index (χ2n) is 4.30. The van der Waals surface area contributed by atoms with Crippen LogP contribution in [0, 0.1) is 6.92 Å². The van der Waals surface area contributed by atoms with Gasteiger partial charge in [-0.25, -0.2) is 0 Å². The van der Waals surface area contributed by atoms with E-state index < -0.39 is 0 Å². The number of hydrogen-bond acceptors (Lipinski definition) is 2. The van der Waals surface area contributed by atoms with E-state index in [1.165, 1.54) is 20.9 Å². The number of aryl methyl sites for hydroxylation is 1. The van der Waals surface area contributed by atoms with E-state index in [2.05, 4.69) is 55.5 Å². The van der Waals surface area contributed by atoms with E-state index in [-0.39, 0.29) is 0 Å². The Kier molecular flexibility index (Phi) is 4.85. The molecule has 0 bridgehead atoms. The molecule has 0 amide bonds. The van der Waals surface area contributed by atoms with Crippen molar-refractivity contribution < 1.29 is 4.74 Å². The number of benzene rings is 2. The monoisotopic (exact) mass is 258 g/mol. The van der Waals surface area contributed by atoms with Gasteiger partial charge in [0.15, 0.2) is 0 Å². The number of ether oxygens (including phenoxy) is 1. The van der Waals surface area contributed by atoms with E-state index in [1.807, 2.05) is 0 Å². The Bertz CT molecular complexity index is 473. The van der Waals surface area contributed by atoms with E-state index in [0.717, 1.165) is 13.0 Å². The molecule has 0 radical (unpaired) electrons. The van der Waals surface area contributed by atoms with Gasteiger partial charge in [-0.2, -0.15) is 0 Å². The summed E-state index contributed by atoms with van der Waals surface area (Å²) in [6.07, 6.45) is 0.978. The van der Waals surface area contributed by atoms with Gasteiger partial charge in [0.05, 0.1) is 6.61 Å². The van der Waals surface area contributed by atoms with Crippen molar-refractivity contribution in [1.29, 1.82) is 0 Å². The van der Waals surface area contributed by atoms with E-state index in [1.54, 1.807) is 18.9 Å². The number of hydrogen-bond donors (Lipinski definition) is 0. The maximum absolute atomic E-state index is 5.08. The Balaban J connectivity index is 1.99. The van der Waals surface area contributed by atoms with Gasteiger partial charge >= 0.3 is 0 Å². The summed E-state index contributed by atoms with van der Waals surface area (Å²) >= 11 is 1.80. The molecule has 2 aromatic carbocycles. The molecule has 2 heteroatoms. The summed E-state index contributed by atoms with van der Waals surface area (Å²) in [5.74, 6) is 0. The molecule has 2 aromatic rings. The minimum Gasteiger partial charge on any atom is -0.384 e. The summed E-state index contributed by atoms with van der Waals surface area (Å²) in [7, 11) is 1.74. The molecule has 18 heavy (non-hydrogen) atoms. The first-order valence-corrected chi connectivity index (χ1v) is 6.92. The van der Waals surface area contributed by atoms with E-state index in [4.69, 9.17) is 4.74 Å². The Hall–Kier alpha value is -1.25. The van der Waals surface area contributed by atoms with Gasteiger partial charge in [0.2, 0.25) is 0 Å². The predicted octanol–water partition coefficient (Wildman–Crippen LogP) is 4.34. The lowest BCUT2D eigenvalue weighted by Gasteiger charge is -2.04. The first-order valence-electron chi connectivity index (χ1n) is 6.10. The van der Waals surface area contributed by atoms with Crippen LogP contribution in [0.25, 0.3) is 0 Å².